The van der Waals surface area contributed by atoms with Crippen LogP contribution in [0.5, 0.6) is 0 Å². The highest BCUT2D eigenvalue weighted by atomic mass is 16.6. The number of nitrogens with one attached hydrogen (secondary N) is 1. The second-order valence-electron chi connectivity index (χ2n) is 5.99. The van der Waals surface area contributed by atoms with Gasteiger partial charge in [0.15, 0.2) is 0 Å². The molecule has 2 amide bonds. The van der Waals surface area contributed by atoms with Gasteiger partial charge in [0, 0.05) is 25.6 Å². The number of carbonyl (C=O) groups is 2. The van der Waals surface area contributed by atoms with Crippen molar-refractivity contribution in [2.45, 2.75) is 46.1 Å². The van der Waals surface area contributed by atoms with Crippen LogP contribution in [0.25, 0.3) is 0 Å². The van der Waals surface area contributed by atoms with Crippen molar-refractivity contribution in [3.63, 3.8) is 0 Å². The van der Waals surface area contributed by atoms with Crippen molar-refractivity contribution < 1.29 is 14.3 Å². The molecule has 0 aromatic carbocycles. The molecule has 0 fully saturated rings. The molecule has 0 saturated heterocycles. The zero-order valence-electron chi connectivity index (χ0n) is 12.9. The summed E-state index contributed by atoms with van der Waals surface area (Å²) in [7, 11) is 0. The average Bonchev–Trinajstić information content (AvgIpc) is 2.85. The number of nitrogens with zero attached hydrogens (tertiary/aromatic N) is 1. The fourth-order valence-corrected chi connectivity index (χ4v) is 1.99. The number of amides is 2. The highest BCUT2D eigenvalue weighted by Gasteiger charge is 2.22. The van der Waals surface area contributed by atoms with E-state index in [0.29, 0.717) is 19.6 Å². The Balaban J connectivity index is 2.30. The molecule has 0 atom stereocenters. The molecule has 0 unspecified atom stereocenters. The molecule has 1 rings (SSSR count). The van der Waals surface area contributed by atoms with Crippen molar-refractivity contribution in [1.82, 2.24) is 10.2 Å². The van der Waals surface area contributed by atoms with E-state index in [2.05, 4.69) is 5.32 Å². The highest BCUT2D eigenvalue weighted by molar-refractivity contribution is 5.79. The first kappa shape index (κ1) is 16.5. The van der Waals surface area contributed by atoms with Gasteiger partial charge in [0.25, 0.3) is 0 Å². The molecule has 5 nitrogen and oxygen atoms in total. The molecule has 0 bridgehead atoms. The molecule has 0 aromatic rings. The van der Waals surface area contributed by atoms with E-state index < -0.39 is 5.60 Å². The van der Waals surface area contributed by atoms with Crippen LogP contribution in [0.1, 0.15) is 40.5 Å². The van der Waals surface area contributed by atoms with Crippen LogP contribution in [0.4, 0.5) is 4.79 Å². The second-order valence-corrected chi connectivity index (χ2v) is 5.99. The molecule has 0 saturated carbocycles. The topological polar surface area (TPSA) is 58.6 Å². The number of likely N-dealkylation sites (N-methyl/N-ethyl adjacent to an activating group) is 1. The molecule has 1 N–H and O–H groups in total. The first-order valence-electron chi connectivity index (χ1n) is 7.24. The number of carbonyl (C=O) groups excluding carboxylic acids is 2. The van der Waals surface area contributed by atoms with Gasteiger partial charge in [0.2, 0.25) is 5.91 Å². The monoisotopic (exact) mass is 282 g/mol. The van der Waals surface area contributed by atoms with Gasteiger partial charge in [-0.25, -0.2) is 4.79 Å². The molecular weight excluding hydrogens is 256 g/mol. The molecule has 5 heteroatoms. The summed E-state index contributed by atoms with van der Waals surface area (Å²) in [5.74, 6) is 0.127. The van der Waals surface area contributed by atoms with Gasteiger partial charge >= 0.3 is 6.09 Å². The number of ether oxygens (including phenoxy) is 1. The van der Waals surface area contributed by atoms with E-state index in [1.807, 2.05) is 39.8 Å². The van der Waals surface area contributed by atoms with Crippen LogP contribution in [0.15, 0.2) is 12.2 Å². The number of allylic oxidation sites excluding steroid dienone is 2. The fourth-order valence-electron chi connectivity index (χ4n) is 1.99. The highest BCUT2D eigenvalue weighted by Crippen LogP contribution is 2.17. The summed E-state index contributed by atoms with van der Waals surface area (Å²) in [4.78, 5) is 25.3. The summed E-state index contributed by atoms with van der Waals surface area (Å²) >= 11 is 0. The molecule has 1 aliphatic carbocycles. The molecule has 1 aliphatic rings. The van der Waals surface area contributed by atoms with E-state index in [9.17, 15) is 9.59 Å². The Kier molecular flexibility index (Phi) is 6.05. The summed E-state index contributed by atoms with van der Waals surface area (Å²) < 4.78 is 5.31. The van der Waals surface area contributed by atoms with E-state index in [4.69, 9.17) is 4.74 Å². The van der Waals surface area contributed by atoms with Crippen molar-refractivity contribution in [3.05, 3.63) is 12.2 Å². The van der Waals surface area contributed by atoms with Crippen molar-refractivity contribution in [2.24, 2.45) is 5.92 Å². The lowest BCUT2D eigenvalue weighted by atomic mass is 10.1. The summed E-state index contributed by atoms with van der Waals surface area (Å²) in [6.45, 7) is 8.91. The van der Waals surface area contributed by atoms with Crippen molar-refractivity contribution >= 4 is 12.0 Å². The van der Waals surface area contributed by atoms with Crippen LogP contribution >= 0.6 is 0 Å². The SMILES string of the molecule is CCN(CCNC(=O)C1CC=CC1)C(=O)OC(C)(C)C. The van der Waals surface area contributed by atoms with Gasteiger partial charge in [0.05, 0.1) is 0 Å². The molecular formula is C15H26N2O3. The first-order valence-corrected chi connectivity index (χ1v) is 7.24. The standard InChI is InChI=1S/C15H26N2O3/c1-5-17(14(19)20-15(2,3)4)11-10-16-13(18)12-8-6-7-9-12/h6-7,12H,5,8-11H2,1-4H3,(H,16,18). The Labute approximate surface area is 121 Å². The Bertz CT molecular complexity index is 364. The van der Waals surface area contributed by atoms with Crippen LogP contribution in [0, 0.1) is 5.92 Å². The largest absolute Gasteiger partial charge is 0.444 e. The van der Waals surface area contributed by atoms with Crippen molar-refractivity contribution in [1.29, 1.82) is 0 Å². The number of hydrogen-bond donors (Lipinski definition) is 1. The Morgan fingerprint density at radius 2 is 1.90 bits per heavy atom. The summed E-state index contributed by atoms with van der Waals surface area (Å²) in [6, 6.07) is 0. The van der Waals surface area contributed by atoms with Gasteiger partial charge in [0.1, 0.15) is 5.60 Å². The van der Waals surface area contributed by atoms with Gasteiger partial charge in [-0.05, 0) is 40.5 Å². The van der Waals surface area contributed by atoms with Crippen LogP contribution in [0.2, 0.25) is 0 Å². The van der Waals surface area contributed by atoms with Gasteiger partial charge < -0.3 is 15.0 Å². The maximum Gasteiger partial charge on any atom is 0.410 e. The molecule has 0 aromatic heterocycles. The van der Waals surface area contributed by atoms with E-state index >= 15 is 0 Å². The van der Waals surface area contributed by atoms with E-state index in [1.165, 1.54) is 0 Å². The van der Waals surface area contributed by atoms with Crippen LogP contribution in [0.3, 0.4) is 0 Å². The van der Waals surface area contributed by atoms with Crippen LogP contribution in [-0.2, 0) is 9.53 Å². The summed E-state index contributed by atoms with van der Waals surface area (Å²) in [5.41, 5.74) is -0.497. The Morgan fingerprint density at radius 1 is 1.30 bits per heavy atom. The minimum atomic E-state index is -0.497. The second kappa shape index (κ2) is 7.31. The van der Waals surface area contributed by atoms with Crippen molar-refractivity contribution in [3.8, 4) is 0 Å². The maximum atomic E-state index is 11.9. The normalized spacial score (nSPS) is 15.2. The first-order chi connectivity index (χ1) is 9.33. The van der Waals surface area contributed by atoms with Crippen LogP contribution in [-0.4, -0.2) is 42.1 Å². The third-order valence-electron chi connectivity index (χ3n) is 3.09. The third-order valence-corrected chi connectivity index (χ3v) is 3.09. The molecule has 20 heavy (non-hydrogen) atoms. The lowest BCUT2D eigenvalue weighted by Gasteiger charge is -2.26. The van der Waals surface area contributed by atoms with Gasteiger partial charge in [-0.2, -0.15) is 0 Å². The Morgan fingerprint density at radius 3 is 2.40 bits per heavy atom. The summed E-state index contributed by atoms with van der Waals surface area (Å²) in [5, 5.41) is 2.88. The van der Waals surface area contributed by atoms with E-state index in [-0.39, 0.29) is 17.9 Å². The quantitative estimate of drug-likeness (QED) is 0.787. The Hall–Kier alpha value is -1.52. The average molecular weight is 282 g/mol. The maximum absolute atomic E-state index is 11.9. The minimum Gasteiger partial charge on any atom is -0.444 e. The van der Waals surface area contributed by atoms with Gasteiger partial charge in [-0.1, -0.05) is 12.2 Å². The number of hydrogen-bond acceptors (Lipinski definition) is 3. The zero-order valence-corrected chi connectivity index (χ0v) is 12.9. The molecule has 114 valence electrons. The molecule has 0 radical (unpaired) electrons. The predicted octanol–water partition coefficient (Wildman–Crippen LogP) is 2.33. The summed E-state index contributed by atoms with van der Waals surface area (Å²) in [6.07, 6.45) is 5.36. The van der Waals surface area contributed by atoms with Gasteiger partial charge in [-0.3, -0.25) is 4.79 Å². The lowest BCUT2D eigenvalue weighted by Crippen LogP contribution is -2.42. The molecule has 0 heterocycles. The minimum absolute atomic E-state index is 0.0617. The van der Waals surface area contributed by atoms with Crippen molar-refractivity contribution in [2.75, 3.05) is 19.6 Å². The number of rotatable bonds is 5. The molecule has 0 aliphatic heterocycles. The lowest BCUT2D eigenvalue weighted by molar-refractivity contribution is -0.124. The smallest absolute Gasteiger partial charge is 0.410 e. The van der Waals surface area contributed by atoms with Gasteiger partial charge in [-0.15, -0.1) is 0 Å². The fraction of sp³-hybridized carbons (Fsp3) is 0.733. The van der Waals surface area contributed by atoms with E-state index in [0.717, 1.165) is 12.8 Å². The third kappa shape index (κ3) is 5.63. The molecule has 0 spiro atoms. The predicted molar refractivity (Wildman–Crippen MR) is 78.4 cm³/mol. The zero-order chi connectivity index (χ0) is 15.2. The van der Waals surface area contributed by atoms with Crippen LogP contribution < -0.4 is 5.32 Å². The van der Waals surface area contributed by atoms with E-state index in [1.54, 1.807) is 4.90 Å².